The van der Waals surface area contributed by atoms with Crippen molar-refractivity contribution in [3.63, 3.8) is 0 Å². The Morgan fingerprint density at radius 3 is 2.17 bits per heavy atom. The summed E-state index contributed by atoms with van der Waals surface area (Å²) in [5, 5.41) is 2.97. The molecule has 0 atom stereocenters. The van der Waals surface area contributed by atoms with Crippen LogP contribution in [0.5, 0.6) is 0 Å². The largest absolute Gasteiger partial charge is 0.383 e. The Balaban J connectivity index is 1.56. The maximum absolute atomic E-state index is 12.5. The molecule has 2 heterocycles. The number of likely N-dealkylation sites (tertiary alicyclic amines) is 2. The molecule has 30 heavy (non-hydrogen) atoms. The van der Waals surface area contributed by atoms with Crippen LogP contribution in [0.2, 0.25) is 0 Å². The van der Waals surface area contributed by atoms with E-state index >= 15 is 0 Å². The number of carbonyl (C=O) groups excluding carboxylic acids is 2. The van der Waals surface area contributed by atoms with Crippen molar-refractivity contribution in [2.24, 2.45) is 5.92 Å². The predicted octanol–water partition coefficient (Wildman–Crippen LogP) is 3.59. The number of piperidine rings is 2. The first-order valence-electron chi connectivity index (χ1n) is 12.4. The number of carbonyl (C=O) groups is 2. The number of ether oxygens (including phenoxy) is 1. The topological polar surface area (TPSA) is 61.9 Å². The van der Waals surface area contributed by atoms with Crippen LogP contribution >= 0.6 is 0 Å². The zero-order chi connectivity index (χ0) is 21.6. The summed E-state index contributed by atoms with van der Waals surface area (Å²) < 4.78 is 5.00. The molecule has 2 aliphatic rings. The van der Waals surface area contributed by atoms with Crippen molar-refractivity contribution in [2.75, 3.05) is 46.4 Å². The van der Waals surface area contributed by atoms with Gasteiger partial charge in [0.2, 0.25) is 11.8 Å². The van der Waals surface area contributed by atoms with Gasteiger partial charge in [-0.2, -0.15) is 0 Å². The lowest BCUT2D eigenvalue weighted by atomic mass is 9.92. The second kappa shape index (κ2) is 14.8. The highest BCUT2D eigenvalue weighted by atomic mass is 16.5. The van der Waals surface area contributed by atoms with Crippen LogP contribution in [0, 0.1) is 5.92 Å². The van der Waals surface area contributed by atoms with Gasteiger partial charge in [-0.15, -0.1) is 0 Å². The molecule has 2 fully saturated rings. The molecule has 0 radical (unpaired) electrons. The fraction of sp³-hybridized carbons (Fsp3) is 0.917. The van der Waals surface area contributed by atoms with Crippen LogP contribution < -0.4 is 5.32 Å². The highest BCUT2D eigenvalue weighted by molar-refractivity contribution is 5.78. The Bertz CT molecular complexity index is 484. The summed E-state index contributed by atoms with van der Waals surface area (Å²) in [5.41, 5.74) is 0. The molecule has 0 aromatic rings. The number of methoxy groups -OCH3 is 1. The second-order valence-corrected chi connectivity index (χ2v) is 9.08. The predicted molar refractivity (Wildman–Crippen MR) is 121 cm³/mol. The zero-order valence-corrected chi connectivity index (χ0v) is 19.5. The number of unbranched alkanes of at least 4 members (excludes halogenated alkanes) is 6. The van der Waals surface area contributed by atoms with Crippen molar-refractivity contribution in [2.45, 2.75) is 90.0 Å². The van der Waals surface area contributed by atoms with E-state index in [4.69, 9.17) is 4.74 Å². The molecule has 2 rings (SSSR count). The van der Waals surface area contributed by atoms with Gasteiger partial charge in [-0.05, 0) is 45.2 Å². The number of nitrogens with zero attached hydrogens (tertiary/aromatic N) is 2. The Morgan fingerprint density at radius 2 is 1.53 bits per heavy atom. The van der Waals surface area contributed by atoms with Crippen molar-refractivity contribution in [3.8, 4) is 0 Å². The van der Waals surface area contributed by atoms with E-state index in [-0.39, 0.29) is 11.8 Å². The molecule has 6 heteroatoms. The first-order chi connectivity index (χ1) is 14.7. The van der Waals surface area contributed by atoms with Crippen molar-refractivity contribution in [1.29, 1.82) is 0 Å². The lowest BCUT2D eigenvalue weighted by molar-refractivity contribution is -0.133. The summed E-state index contributed by atoms with van der Waals surface area (Å²) in [6.07, 6.45) is 13.6. The van der Waals surface area contributed by atoms with Gasteiger partial charge in [-0.3, -0.25) is 9.59 Å². The van der Waals surface area contributed by atoms with E-state index in [1.54, 1.807) is 7.11 Å². The summed E-state index contributed by atoms with van der Waals surface area (Å²) in [6, 6.07) is 0.574. The molecular weight excluding hydrogens is 378 g/mol. The number of amides is 2. The maximum atomic E-state index is 12.5. The molecule has 0 aromatic heterocycles. The van der Waals surface area contributed by atoms with Gasteiger partial charge in [-0.1, -0.05) is 45.4 Å². The number of hydrogen-bond donors (Lipinski definition) is 1. The van der Waals surface area contributed by atoms with Crippen LogP contribution in [0.15, 0.2) is 0 Å². The molecule has 0 aliphatic carbocycles. The van der Waals surface area contributed by atoms with E-state index in [1.807, 2.05) is 0 Å². The maximum Gasteiger partial charge on any atom is 0.223 e. The number of hydrogen-bond acceptors (Lipinski definition) is 4. The van der Waals surface area contributed by atoms with E-state index in [1.165, 1.54) is 38.5 Å². The Kier molecular flexibility index (Phi) is 12.4. The zero-order valence-electron chi connectivity index (χ0n) is 19.5. The van der Waals surface area contributed by atoms with Gasteiger partial charge >= 0.3 is 0 Å². The molecule has 2 saturated heterocycles. The van der Waals surface area contributed by atoms with Crippen LogP contribution in [0.1, 0.15) is 84.0 Å². The van der Waals surface area contributed by atoms with Crippen LogP contribution in [-0.2, 0) is 14.3 Å². The fourth-order valence-corrected chi connectivity index (χ4v) is 4.82. The van der Waals surface area contributed by atoms with Crippen LogP contribution in [-0.4, -0.2) is 74.1 Å². The smallest absolute Gasteiger partial charge is 0.223 e. The molecule has 0 bridgehead atoms. The Hall–Kier alpha value is -1.14. The average Bonchev–Trinajstić information content (AvgIpc) is 2.78. The van der Waals surface area contributed by atoms with Gasteiger partial charge < -0.3 is 19.9 Å². The molecule has 1 N–H and O–H groups in total. The summed E-state index contributed by atoms with van der Waals surface area (Å²) >= 11 is 0. The lowest BCUT2D eigenvalue weighted by Gasteiger charge is -2.41. The van der Waals surface area contributed by atoms with E-state index in [2.05, 4.69) is 22.0 Å². The van der Waals surface area contributed by atoms with Crippen molar-refractivity contribution in [1.82, 2.24) is 15.1 Å². The van der Waals surface area contributed by atoms with Gasteiger partial charge in [0.25, 0.3) is 0 Å². The molecular formula is C24H45N3O3. The molecule has 0 spiro atoms. The highest BCUT2D eigenvalue weighted by Crippen LogP contribution is 2.24. The lowest BCUT2D eigenvalue weighted by Crippen LogP contribution is -2.50. The van der Waals surface area contributed by atoms with Gasteiger partial charge in [0.05, 0.1) is 6.61 Å². The third kappa shape index (κ3) is 8.93. The second-order valence-electron chi connectivity index (χ2n) is 9.08. The minimum atomic E-state index is 0.141. The average molecular weight is 424 g/mol. The summed E-state index contributed by atoms with van der Waals surface area (Å²) in [5.74, 6) is 0.674. The van der Waals surface area contributed by atoms with Crippen molar-refractivity contribution in [3.05, 3.63) is 0 Å². The first kappa shape index (κ1) is 25.1. The summed E-state index contributed by atoms with van der Waals surface area (Å²) in [4.78, 5) is 29.4. The quantitative estimate of drug-likeness (QED) is 0.460. The van der Waals surface area contributed by atoms with Crippen LogP contribution in [0.4, 0.5) is 0 Å². The van der Waals surface area contributed by atoms with Gasteiger partial charge in [-0.25, -0.2) is 0 Å². The molecule has 174 valence electrons. The summed E-state index contributed by atoms with van der Waals surface area (Å²) in [6.45, 7) is 7.21. The van der Waals surface area contributed by atoms with E-state index in [9.17, 15) is 9.59 Å². The highest BCUT2D eigenvalue weighted by Gasteiger charge is 2.31. The fourth-order valence-electron chi connectivity index (χ4n) is 4.82. The molecule has 0 unspecified atom stereocenters. The molecule has 0 saturated carbocycles. The van der Waals surface area contributed by atoms with Crippen molar-refractivity contribution >= 4 is 11.8 Å². The van der Waals surface area contributed by atoms with Crippen molar-refractivity contribution < 1.29 is 14.3 Å². The first-order valence-corrected chi connectivity index (χ1v) is 12.4. The standard InChI is InChI=1S/C24H45N3O3/c1-3-4-5-6-7-8-9-10-23(28)27-18-13-22(14-19-27)26-16-11-21(12-17-26)24(29)25-15-20-30-2/h21-22H,3-20H2,1-2H3,(H,25,29). The van der Waals surface area contributed by atoms with Crippen LogP contribution in [0.3, 0.4) is 0 Å². The molecule has 2 amide bonds. The monoisotopic (exact) mass is 423 g/mol. The van der Waals surface area contributed by atoms with Crippen LogP contribution in [0.25, 0.3) is 0 Å². The van der Waals surface area contributed by atoms with Gasteiger partial charge in [0.1, 0.15) is 0 Å². The Labute approximate surface area is 184 Å². The van der Waals surface area contributed by atoms with Gasteiger partial charge in [0.15, 0.2) is 0 Å². The van der Waals surface area contributed by atoms with Gasteiger partial charge in [0, 0.05) is 45.1 Å². The van der Waals surface area contributed by atoms with E-state index < -0.39 is 0 Å². The minimum Gasteiger partial charge on any atom is -0.383 e. The van der Waals surface area contributed by atoms with E-state index in [0.717, 1.165) is 64.7 Å². The number of rotatable bonds is 13. The molecule has 0 aromatic carbocycles. The molecule has 6 nitrogen and oxygen atoms in total. The minimum absolute atomic E-state index is 0.141. The number of nitrogens with one attached hydrogen (secondary N) is 1. The third-order valence-electron chi connectivity index (χ3n) is 6.83. The molecule has 2 aliphatic heterocycles. The Morgan fingerprint density at radius 1 is 0.900 bits per heavy atom. The summed E-state index contributed by atoms with van der Waals surface area (Å²) in [7, 11) is 1.65. The third-order valence-corrected chi connectivity index (χ3v) is 6.83. The van der Waals surface area contributed by atoms with E-state index in [0.29, 0.717) is 25.1 Å². The SMILES string of the molecule is CCCCCCCCCC(=O)N1CCC(N2CCC(C(=O)NCCOC)CC2)CC1. The normalized spacial score (nSPS) is 19.2.